The number of hydrogen-bond donors (Lipinski definition) is 2. The van der Waals surface area contributed by atoms with Crippen molar-refractivity contribution < 1.29 is 18.7 Å². The molecular weight excluding hydrogens is 463 g/mol. The Morgan fingerprint density at radius 3 is 2.96 bits per heavy atom. The van der Waals surface area contributed by atoms with Crippen molar-refractivity contribution in [2.45, 2.75) is 19.9 Å². The molecule has 1 aliphatic rings. The number of hydrogen-bond acceptors (Lipinski definition) is 5. The average Bonchev–Trinajstić information content (AvgIpc) is 3.32. The molecular formula is C18H31IN4O4. The third-order valence-corrected chi connectivity index (χ3v) is 4.12. The minimum absolute atomic E-state index is 0. The molecule has 1 aliphatic heterocycles. The molecule has 0 saturated carbocycles. The van der Waals surface area contributed by atoms with Crippen molar-refractivity contribution in [2.24, 2.45) is 10.9 Å². The minimum Gasteiger partial charge on any atom is -0.467 e. The molecule has 2 N–H and O–H groups in total. The molecule has 1 aromatic heterocycles. The lowest BCUT2D eigenvalue weighted by atomic mass is 10.1. The van der Waals surface area contributed by atoms with Crippen LogP contribution in [0.15, 0.2) is 27.8 Å². The second kappa shape index (κ2) is 13.8. The zero-order chi connectivity index (χ0) is 18.6. The summed E-state index contributed by atoms with van der Waals surface area (Å²) in [7, 11) is 1.67. The van der Waals surface area contributed by atoms with Crippen molar-refractivity contribution in [1.29, 1.82) is 0 Å². The lowest BCUT2D eigenvalue weighted by Gasteiger charge is -2.21. The number of furan rings is 1. The molecule has 1 aromatic rings. The van der Waals surface area contributed by atoms with E-state index in [1.54, 1.807) is 19.4 Å². The van der Waals surface area contributed by atoms with Crippen LogP contribution in [-0.4, -0.2) is 69.9 Å². The Morgan fingerprint density at radius 2 is 2.26 bits per heavy atom. The van der Waals surface area contributed by atoms with Gasteiger partial charge in [-0.05, 0) is 25.5 Å². The summed E-state index contributed by atoms with van der Waals surface area (Å²) in [5, 5.41) is 6.07. The average molecular weight is 494 g/mol. The predicted molar refractivity (Wildman–Crippen MR) is 114 cm³/mol. The van der Waals surface area contributed by atoms with Crippen LogP contribution in [0.2, 0.25) is 0 Å². The topological polar surface area (TPSA) is 88.3 Å². The number of aliphatic imine (C=N–C) groups is 1. The second-order valence-corrected chi connectivity index (χ2v) is 6.19. The Labute approximate surface area is 178 Å². The van der Waals surface area contributed by atoms with E-state index in [2.05, 4.69) is 20.5 Å². The van der Waals surface area contributed by atoms with Crippen LogP contribution < -0.4 is 10.6 Å². The van der Waals surface area contributed by atoms with Crippen molar-refractivity contribution >= 4 is 35.8 Å². The van der Waals surface area contributed by atoms with Crippen molar-refractivity contribution in [1.82, 2.24) is 15.5 Å². The van der Waals surface area contributed by atoms with Gasteiger partial charge in [-0.25, -0.2) is 4.99 Å². The van der Waals surface area contributed by atoms with Crippen molar-refractivity contribution in [3.05, 3.63) is 24.2 Å². The number of carbonyl (C=O) groups is 1. The minimum atomic E-state index is -0.129. The Hall–Kier alpha value is -1.33. The lowest BCUT2D eigenvalue weighted by molar-refractivity contribution is -0.119. The van der Waals surface area contributed by atoms with Crippen LogP contribution in [-0.2, 0) is 20.8 Å². The van der Waals surface area contributed by atoms with Crippen LogP contribution >= 0.6 is 24.0 Å². The molecule has 154 valence electrons. The van der Waals surface area contributed by atoms with E-state index in [0.717, 1.165) is 44.4 Å². The highest BCUT2D eigenvalue weighted by atomic mass is 127. The van der Waals surface area contributed by atoms with Gasteiger partial charge < -0.3 is 29.4 Å². The first-order chi connectivity index (χ1) is 12.7. The maximum atomic E-state index is 12.0. The zero-order valence-corrected chi connectivity index (χ0v) is 18.4. The summed E-state index contributed by atoms with van der Waals surface area (Å²) in [6.07, 6.45) is 2.65. The second-order valence-electron chi connectivity index (χ2n) is 6.19. The number of nitrogens with one attached hydrogen (secondary N) is 2. The molecule has 2 rings (SSSR count). The summed E-state index contributed by atoms with van der Waals surface area (Å²) >= 11 is 0. The number of guanidine groups is 1. The number of likely N-dealkylation sites (tertiary alicyclic amines) is 1. The van der Waals surface area contributed by atoms with E-state index >= 15 is 0 Å². The van der Waals surface area contributed by atoms with Crippen LogP contribution in [0.25, 0.3) is 0 Å². The third-order valence-electron chi connectivity index (χ3n) is 4.12. The number of nitrogens with zero attached hydrogens (tertiary/aromatic N) is 2. The van der Waals surface area contributed by atoms with Gasteiger partial charge in [0.05, 0.1) is 32.6 Å². The van der Waals surface area contributed by atoms with Gasteiger partial charge in [0.15, 0.2) is 5.96 Å². The fourth-order valence-corrected chi connectivity index (χ4v) is 2.78. The monoisotopic (exact) mass is 494 g/mol. The first kappa shape index (κ1) is 23.7. The van der Waals surface area contributed by atoms with E-state index in [0.29, 0.717) is 25.7 Å². The first-order valence-electron chi connectivity index (χ1n) is 9.12. The number of amides is 1. The molecule has 2 heterocycles. The molecule has 27 heavy (non-hydrogen) atoms. The molecule has 9 heteroatoms. The van der Waals surface area contributed by atoms with E-state index < -0.39 is 0 Å². The molecule has 0 radical (unpaired) electrons. The summed E-state index contributed by atoms with van der Waals surface area (Å²) in [4.78, 5) is 18.6. The van der Waals surface area contributed by atoms with Gasteiger partial charge >= 0.3 is 0 Å². The van der Waals surface area contributed by atoms with Gasteiger partial charge in [0, 0.05) is 32.7 Å². The summed E-state index contributed by atoms with van der Waals surface area (Å²) < 4.78 is 15.8. The predicted octanol–water partition coefficient (Wildman–Crippen LogP) is 1.46. The maximum Gasteiger partial charge on any atom is 0.242 e. The van der Waals surface area contributed by atoms with Crippen LogP contribution in [0.4, 0.5) is 0 Å². The van der Waals surface area contributed by atoms with Gasteiger partial charge in [-0.15, -0.1) is 24.0 Å². The number of ether oxygens (including phenoxy) is 2. The zero-order valence-electron chi connectivity index (χ0n) is 16.1. The first-order valence-corrected chi connectivity index (χ1v) is 9.12. The fourth-order valence-electron chi connectivity index (χ4n) is 2.78. The molecule has 0 aromatic carbocycles. The van der Waals surface area contributed by atoms with Gasteiger partial charge in [0.1, 0.15) is 12.3 Å². The maximum absolute atomic E-state index is 12.0. The van der Waals surface area contributed by atoms with Gasteiger partial charge in [0.2, 0.25) is 5.91 Å². The number of carbonyl (C=O) groups excluding carboxylic acids is 1. The van der Waals surface area contributed by atoms with Gasteiger partial charge in [-0.3, -0.25) is 4.79 Å². The van der Waals surface area contributed by atoms with E-state index in [9.17, 15) is 4.79 Å². The molecule has 1 fully saturated rings. The van der Waals surface area contributed by atoms with Gasteiger partial charge in [-0.1, -0.05) is 0 Å². The smallest absolute Gasteiger partial charge is 0.242 e. The summed E-state index contributed by atoms with van der Waals surface area (Å²) in [5.41, 5.74) is 0. The van der Waals surface area contributed by atoms with E-state index in [4.69, 9.17) is 13.9 Å². The largest absolute Gasteiger partial charge is 0.467 e. The standard InChI is InChI=1S/C18H30N4O4.HI/c1-3-19-18(21-12-17(23)20-11-16-5-4-8-26-16)22-7-6-15(13-22)14-25-10-9-24-2;/h4-5,8,15H,3,6-7,9-14H2,1-2H3,(H,19,21)(H,20,23);1H. The molecule has 1 amide bonds. The normalized spacial score (nSPS) is 16.9. The molecule has 1 atom stereocenters. The Kier molecular flexibility index (Phi) is 12.1. The molecule has 8 nitrogen and oxygen atoms in total. The van der Waals surface area contributed by atoms with Crippen molar-refractivity contribution in [3.8, 4) is 0 Å². The Balaban J connectivity index is 0.00000364. The van der Waals surface area contributed by atoms with Crippen LogP contribution in [0, 0.1) is 5.92 Å². The van der Waals surface area contributed by atoms with Gasteiger partial charge in [0.25, 0.3) is 0 Å². The summed E-state index contributed by atoms with van der Waals surface area (Å²) in [6.45, 7) is 7.02. The third kappa shape index (κ3) is 8.93. The summed E-state index contributed by atoms with van der Waals surface area (Å²) in [6, 6.07) is 3.62. The highest BCUT2D eigenvalue weighted by molar-refractivity contribution is 14.0. The number of halogens is 1. The molecule has 1 saturated heterocycles. The number of methoxy groups -OCH3 is 1. The van der Waals surface area contributed by atoms with Crippen LogP contribution in [0.5, 0.6) is 0 Å². The highest BCUT2D eigenvalue weighted by Gasteiger charge is 2.25. The van der Waals surface area contributed by atoms with E-state index in [1.807, 2.05) is 13.0 Å². The quantitative estimate of drug-likeness (QED) is 0.222. The van der Waals surface area contributed by atoms with E-state index in [-0.39, 0.29) is 36.4 Å². The van der Waals surface area contributed by atoms with Crippen LogP contribution in [0.1, 0.15) is 19.1 Å². The van der Waals surface area contributed by atoms with Crippen molar-refractivity contribution in [3.63, 3.8) is 0 Å². The highest BCUT2D eigenvalue weighted by Crippen LogP contribution is 2.16. The van der Waals surface area contributed by atoms with E-state index in [1.165, 1.54) is 0 Å². The van der Waals surface area contributed by atoms with Crippen LogP contribution in [0.3, 0.4) is 0 Å². The molecule has 0 aliphatic carbocycles. The molecule has 0 bridgehead atoms. The number of rotatable bonds is 10. The van der Waals surface area contributed by atoms with Crippen molar-refractivity contribution in [2.75, 3.05) is 53.1 Å². The Bertz CT molecular complexity index is 554. The SMILES string of the molecule is CCNC(=NCC(=O)NCc1ccco1)N1CCC(COCCOC)C1.I. The van der Waals surface area contributed by atoms with Gasteiger partial charge in [-0.2, -0.15) is 0 Å². The molecule has 1 unspecified atom stereocenters. The fraction of sp³-hybridized carbons (Fsp3) is 0.667. The molecule has 0 spiro atoms. The lowest BCUT2D eigenvalue weighted by Crippen LogP contribution is -2.41. The Morgan fingerprint density at radius 1 is 1.41 bits per heavy atom. The summed E-state index contributed by atoms with van der Waals surface area (Å²) in [5.74, 6) is 1.85.